The standard InChI is InChI=1S/C22H20N2O5/c1-13(19-8-14-4-2-3-5-17(14)29-19)23-22(26)15-9-21(25)24(11-15)16-6-7-18-20(10-16)28-12-27-18/h2-8,10,13,15H,9,11-12H2,1H3,(H,23,26)/t13-,15-/m1/s1. The number of furan rings is 1. The van der Waals surface area contributed by atoms with Crippen LogP contribution in [0.1, 0.15) is 25.1 Å². The molecule has 0 aliphatic carbocycles. The maximum absolute atomic E-state index is 12.8. The Labute approximate surface area is 167 Å². The molecule has 2 aliphatic rings. The number of nitrogens with one attached hydrogen (secondary N) is 1. The van der Waals surface area contributed by atoms with Gasteiger partial charge < -0.3 is 24.1 Å². The van der Waals surface area contributed by atoms with Gasteiger partial charge in [0.25, 0.3) is 0 Å². The number of benzene rings is 2. The minimum absolute atomic E-state index is 0.0830. The SMILES string of the molecule is C[C@@H](NC(=O)[C@@H]1CC(=O)N(c2ccc3c(c2)OCO3)C1)c1cc2ccccc2o1. The Bertz CT molecular complexity index is 1070. The Morgan fingerprint density at radius 1 is 1.14 bits per heavy atom. The van der Waals surface area contributed by atoms with Crippen LogP contribution in [0.5, 0.6) is 11.5 Å². The third-order valence-corrected chi connectivity index (χ3v) is 5.39. The van der Waals surface area contributed by atoms with Gasteiger partial charge in [-0.05, 0) is 31.2 Å². The van der Waals surface area contributed by atoms with Gasteiger partial charge >= 0.3 is 0 Å². The van der Waals surface area contributed by atoms with Crippen molar-refractivity contribution in [3.63, 3.8) is 0 Å². The van der Waals surface area contributed by atoms with E-state index in [4.69, 9.17) is 13.9 Å². The molecule has 1 N–H and O–H groups in total. The quantitative estimate of drug-likeness (QED) is 0.736. The van der Waals surface area contributed by atoms with Crippen molar-refractivity contribution < 1.29 is 23.5 Å². The Kier molecular flexibility index (Phi) is 4.16. The van der Waals surface area contributed by atoms with E-state index in [0.29, 0.717) is 29.5 Å². The molecule has 0 radical (unpaired) electrons. The highest BCUT2D eigenvalue weighted by Gasteiger charge is 2.36. The Balaban J connectivity index is 1.27. The molecule has 1 fully saturated rings. The smallest absolute Gasteiger partial charge is 0.231 e. The summed E-state index contributed by atoms with van der Waals surface area (Å²) in [6.07, 6.45) is 0.174. The van der Waals surface area contributed by atoms with Crippen LogP contribution < -0.4 is 19.7 Å². The second-order valence-corrected chi connectivity index (χ2v) is 7.36. The molecular formula is C22H20N2O5. The van der Waals surface area contributed by atoms with Crippen molar-refractivity contribution >= 4 is 28.5 Å². The van der Waals surface area contributed by atoms with Crippen molar-refractivity contribution in [3.05, 3.63) is 54.3 Å². The zero-order chi connectivity index (χ0) is 20.0. The Morgan fingerprint density at radius 2 is 1.97 bits per heavy atom. The molecule has 2 aromatic carbocycles. The highest BCUT2D eigenvalue weighted by atomic mass is 16.7. The van der Waals surface area contributed by atoms with E-state index in [0.717, 1.165) is 11.0 Å². The van der Waals surface area contributed by atoms with Gasteiger partial charge in [0, 0.05) is 30.1 Å². The molecule has 0 saturated carbocycles. The number of carbonyl (C=O) groups excluding carboxylic acids is 2. The maximum Gasteiger partial charge on any atom is 0.231 e. The molecule has 2 amide bonds. The van der Waals surface area contributed by atoms with Crippen LogP contribution in [0, 0.1) is 5.92 Å². The van der Waals surface area contributed by atoms with Gasteiger partial charge in [0.15, 0.2) is 11.5 Å². The summed E-state index contributed by atoms with van der Waals surface area (Å²) in [6, 6.07) is 14.7. The summed E-state index contributed by atoms with van der Waals surface area (Å²) in [6.45, 7) is 2.39. The number of hydrogen-bond donors (Lipinski definition) is 1. The van der Waals surface area contributed by atoms with Gasteiger partial charge in [-0.15, -0.1) is 0 Å². The molecule has 29 heavy (non-hydrogen) atoms. The number of carbonyl (C=O) groups is 2. The minimum atomic E-state index is -0.417. The van der Waals surface area contributed by atoms with Gasteiger partial charge in [0.1, 0.15) is 11.3 Å². The van der Waals surface area contributed by atoms with Crippen LogP contribution >= 0.6 is 0 Å². The Hall–Kier alpha value is -3.48. The predicted molar refractivity (Wildman–Crippen MR) is 106 cm³/mol. The largest absolute Gasteiger partial charge is 0.459 e. The van der Waals surface area contributed by atoms with E-state index in [1.807, 2.05) is 43.3 Å². The monoisotopic (exact) mass is 392 g/mol. The molecule has 0 unspecified atom stereocenters. The molecule has 3 aromatic rings. The second-order valence-electron chi connectivity index (χ2n) is 7.36. The number of para-hydroxylation sites is 1. The van der Waals surface area contributed by atoms with E-state index < -0.39 is 5.92 Å². The zero-order valence-corrected chi connectivity index (χ0v) is 15.9. The van der Waals surface area contributed by atoms with E-state index >= 15 is 0 Å². The van der Waals surface area contributed by atoms with Crippen molar-refractivity contribution in [2.75, 3.05) is 18.2 Å². The molecule has 5 rings (SSSR count). The first-order chi connectivity index (χ1) is 14.1. The maximum atomic E-state index is 12.8. The van der Waals surface area contributed by atoms with Crippen molar-refractivity contribution in [1.82, 2.24) is 5.32 Å². The van der Waals surface area contributed by atoms with Crippen molar-refractivity contribution in [2.45, 2.75) is 19.4 Å². The third kappa shape index (κ3) is 3.18. The molecule has 7 heteroatoms. The average Bonchev–Trinajstić information content (AvgIpc) is 3.44. The van der Waals surface area contributed by atoms with Crippen molar-refractivity contribution in [1.29, 1.82) is 0 Å². The molecule has 0 bridgehead atoms. The molecule has 0 spiro atoms. The van der Waals surface area contributed by atoms with Crippen LogP contribution in [-0.2, 0) is 9.59 Å². The van der Waals surface area contributed by atoms with E-state index in [9.17, 15) is 9.59 Å². The van der Waals surface area contributed by atoms with Gasteiger partial charge in [-0.2, -0.15) is 0 Å². The number of nitrogens with zero attached hydrogens (tertiary/aromatic N) is 1. The zero-order valence-electron chi connectivity index (χ0n) is 15.9. The summed E-state index contributed by atoms with van der Waals surface area (Å²) in [5.74, 6) is 1.31. The lowest BCUT2D eigenvalue weighted by molar-refractivity contribution is -0.127. The topological polar surface area (TPSA) is 81.0 Å². The summed E-state index contributed by atoms with van der Waals surface area (Å²) in [5.41, 5.74) is 1.49. The average molecular weight is 392 g/mol. The number of hydrogen-bond acceptors (Lipinski definition) is 5. The summed E-state index contributed by atoms with van der Waals surface area (Å²) in [5, 5.41) is 3.97. The summed E-state index contributed by atoms with van der Waals surface area (Å²) in [4.78, 5) is 26.9. The van der Waals surface area contributed by atoms with E-state index in [1.54, 1.807) is 17.0 Å². The summed E-state index contributed by atoms with van der Waals surface area (Å²) in [7, 11) is 0. The number of ether oxygens (including phenoxy) is 2. The van der Waals surface area contributed by atoms with E-state index in [-0.39, 0.29) is 31.1 Å². The lowest BCUT2D eigenvalue weighted by Gasteiger charge is -2.18. The van der Waals surface area contributed by atoms with Gasteiger partial charge in [0.05, 0.1) is 12.0 Å². The summed E-state index contributed by atoms with van der Waals surface area (Å²) < 4.78 is 16.5. The van der Waals surface area contributed by atoms with Crippen LogP contribution in [-0.4, -0.2) is 25.2 Å². The van der Waals surface area contributed by atoms with Crippen LogP contribution in [0.25, 0.3) is 11.0 Å². The third-order valence-electron chi connectivity index (χ3n) is 5.39. The normalized spacial score (nSPS) is 19.0. The van der Waals surface area contributed by atoms with Crippen LogP contribution in [0.15, 0.2) is 52.9 Å². The highest BCUT2D eigenvalue weighted by molar-refractivity contribution is 6.00. The van der Waals surface area contributed by atoms with E-state index in [2.05, 4.69) is 5.32 Å². The number of amides is 2. The number of anilines is 1. The molecule has 148 valence electrons. The lowest BCUT2D eigenvalue weighted by Crippen LogP contribution is -2.34. The van der Waals surface area contributed by atoms with Crippen LogP contribution in [0.4, 0.5) is 5.69 Å². The summed E-state index contributed by atoms with van der Waals surface area (Å²) >= 11 is 0. The molecule has 2 aliphatic heterocycles. The predicted octanol–water partition coefficient (Wildman–Crippen LogP) is 3.39. The molecule has 7 nitrogen and oxygen atoms in total. The molecule has 2 atom stereocenters. The fourth-order valence-corrected chi connectivity index (χ4v) is 3.80. The van der Waals surface area contributed by atoms with Crippen LogP contribution in [0.2, 0.25) is 0 Å². The molecule has 1 saturated heterocycles. The van der Waals surface area contributed by atoms with Crippen molar-refractivity contribution in [2.24, 2.45) is 5.92 Å². The van der Waals surface area contributed by atoms with Crippen LogP contribution in [0.3, 0.4) is 0 Å². The van der Waals surface area contributed by atoms with Crippen molar-refractivity contribution in [3.8, 4) is 11.5 Å². The fourth-order valence-electron chi connectivity index (χ4n) is 3.80. The van der Waals surface area contributed by atoms with Gasteiger partial charge in [0.2, 0.25) is 18.6 Å². The van der Waals surface area contributed by atoms with Gasteiger partial charge in [-0.1, -0.05) is 18.2 Å². The molecular weight excluding hydrogens is 372 g/mol. The first-order valence-corrected chi connectivity index (χ1v) is 9.57. The minimum Gasteiger partial charge on any atom is -0.459 e. The number of fused-ring (bicyclic) bond motifs is 2. The molecule has 3 heterocycles. The fraction of sp³-hybridized carbons (Fsp3) is 0.273. The second kappa shape index (κ2) is 6.84. The first-order valence-electron chi connectivity index (χ1n) is 9.57. The van der Waals surface area contributed by atoms with E-state index in [1.165, 1.54) is 0 Å². The first kappa shape index (κ1) is 17.6. The highest BCUT2D eigenvalue weighted by Crippen LogP contribution is 2.37. The van der Waals surface area contributed by atoms with Gasteiger partial charge in [-0.25, -0.2) is 0 Å². The lowest BCUT2D eigenvalue weighted by atomic mass is 10.1. The van der Waals surface area contributed by atoms with Gasteiger partial charge in [-0.3, -0.25) is 9.59 Å². The molecule has 1 aromatic heterocycles. The number of rotatable bonds is 4. The Morgan fingerprint density at radius 3 is 2.83 bits per heavy atom.